The molecule has 1 aromatic heterocycles. The fourth-order valence-corrected chi connectivity index (χ4v) is 1.15. The number of anilines is 1. The molecule has 1 heterocycles. The second-order valence-electron chi connectivity index (χ2n) is 2.48. The van der Waals surface area contributed by atoms with Gasteiger partial charge in [-0.25, -0.2) is 14.4 Å². The maximum absolute atomic E-state index is 13.3. The number of nitrogens with one attached hydrogen (secondary N) is 1. The van der Waals surface area contributed by atoms with Gasteiger partial charge in [-0.2, -0.15) is 0 Å². The van der Waals surface area contributed by atoms with Gasteiger partial charge in [-0.1, -0.05) is 6.07 Å². The highest BCUT2D eigenvalue weighted by Crippen LogP contribution is 2.20. The SMILES string of the molecule is [2H]C([2H])([2H])Nc1ncnc2c(F)cccc12. The van der Waals surface area contributed by atoms with Crippen LogP contribution in [0.1, 0.15) is 4.11 Å². The van der Waals surface area contributed by atoms with Gasteiger partial charge in [0, 0.05) is 16.5 Å². The molecule has 13 heavy (non-hydrogen) atoms. The van der Waals surface area contributed by atoms with E-state index >= 15 is 0 Å². The summed E-state index contributed by atoms with van der Waals surface area (Å²) < 4.78 is 34.5. The van der Waals surface area contributed by atoms with E-state index in [9.17, 15) is 4.39 Å². The monoisotopic (exact) mass is 180 g/mol. The van der Waals surface area contributed by atoms with Crippen LogP contribution in [0.3, 0.4) is 0 Å². The van der Waals surface area contributed by atoms with Gasteiger partial charge in [0.05, 0.1) is 0 Å². The summed E-state index contributed by atoms with van der Waals surface area (Å²) >= 11 is 0. The van der Waals surface area contributed by atoms with Gasteiger partial charge in [-0.15, -0.1) is 0 Å². The number of rotatable bonds is 1. The van der Waals surface area contributed by atoms with Crippen molar-refractivity contribution in [3.8, 4) is 0 Å². The highest BCUT2D eigenvalue weighted by atomic mass is 19.1. The van der Waals surface area contributed by atoms with Gasteiger partial charge in [0.15, 0.2) is 0 Å². The van der Waals surface area contributed by atoms with Crippen LogP contribution in [0, 0.1) is 5.82 Å². The molecule has 0 bridgehead atoms. The molecule has 1 N–H and O–H groups in total. The molecule has 1 aromatic carbocycles. The molecule has 0 aliphatic rings. The minimum atomic E-state index is -2.37. The van der Waals surface area contributed by atoms with Crippen LogP contribution >= 0.6 is 0 Å². The van der Waals surface area contributed by atoms with Crippen molar-refractivity contribution >= 4 is 16.7 Å². The van der Waals surface area contributed by atoms with Crippen molar-refractivity contribution < 1.29 is 8.50 Å². The molecule has 0 aliphatic carbocycles. The topological polar surface area (TPSA) is 37.8 Å². The molecular weight excluding hydrogens is 169 g/mol. The zero-order valence-corrected chi connectivity index (χ0v) is 6.58. The van der Waals surface area contributed by atoms with E-state index in [0.29, 0.717) is 5.39 Å². The molecule has 2 rings (SSSR count). The molecule has 0 saturated carbocycles. The second kappa shape index (κ2) is 2.97. The van der Waals surface area contributed by atoms with Crippen LogP contribution in [0.15, 0.2) is 24.5 Å². The summed E-state index contributed by atoms with van der Waals surface area (Å²) in [5, 5.41) is 2.58. The van der Waals surface area contributed by atoms with E-state index in [1.165, 1.54) is 12.1 Å². The van der Waals surface area contributed by atoms with Crippen molar-refractivity contribution in [3.05, 3.63) is 30.3 Å². The Balaban J connectivity index is 2.58. The highest BCUT2D eigenvalue weighted by molar-refractivity contribution is 5.88. The quantitative estimate of drug-likeness (QED) is 0.727. The average molecular weight is 180 g/mol. The second-order valence-corrected chi connectivity index (χ2v) is 2.48. The lowest BCUT2D eigenvalue weighted by atomic mass is 10.2. The Hall–Kier alpha value is -1.71. The summed E-state index contributed by atoms with van der Waals surface area (Å²) in [6.45, 7) is -2.37. The molecule has 0 spiro atoms. The first-order chi connectivity index (χ1) is 7.47. The largest absolute Gasteiger partial charge is 0.373 e. The van der Waals surface area contributed by atoms with Crippen LogP contribution in [-0.2, 0) is 0 Å². The number of hydrogen-bond donors (Lipinski definition) is 1. The van der Waals surface area contributed by atoms with E-state index in [1.54, 1.807) is 6.07 Å². The van der Waals surface area contributed by atoms with Crippen molar-refractivity contribution in [1.29, 1.82) is 0 Å². The Morgan fingerprint density at radius 1 is 1.46 bits per heavy atom. The lowest BCUT2D eigenvalue weighted by molar-refractivity contribution is 0.636. The number of nitrogens with zero attached hydrogens (tertiary/aromatic N) is 2. The third kappa shape index (κ3) is 1.20. The Bertz CT molecular complexity index is 527. The van der Waals surface area contributed by atoms with Gasteiger partial charge in [0.1, 0.15) is 23.5 Å². The maximum atomic E-state index is 13.3. The zero-order valence-electron chi connectivity index (χ0n) is 9.58. The van der Waals surface area contributed by atoms with Gasteiger partial charge >= 0.3 is 0 Å². The van der Waals surface area contributed by atoms with Crippen LogP contribution in [0.4, 0.5) is 10.2 Å². The molecule has 66 valence electrons. The summed E-state index contributed by atoms with van der Waals surface area (Å²) in [6.07, 6.45) is 1.12. The van der Waals surface area contributed by atoms with Crippen LogP contribution in [-0.4, -0.2) is 16.9 Å². The summed E-state index contributed by atoms with van der Waals surface area (Å²) in [5.41, 5.74) is 0.101. The van der Waals surface area contributed by atoms with Crippen LogP contribution in [0.5, 0.6) is 0 Å². The van der Waals surface area contributed by atoms with E-state index in [4.69, 9.17) is 4.11 Å². The molecule has 0 saturated heterocycles. The van der Waals surface area contributed by atoms with E-state index in [1.807, 2.05) is 0 Å². The maximum Gasteiger partial charge on any atom is 0.149 e. The molecule has 0 radical (unpaired) electrons. The van der Waals surface area contributed by atoms with Crippen molar-refractivity contribution in [2.24, 2.45) is 0 Å². The molecule has 0 aliphatic heterocycles. The number of para-hydroxylation sites is 1. The Morgan fingerprint density at radius 2 is 2.38 bits per heavy atom. The first-order valence-electron chi connectivity index (χ1n) is 5.15. The first-order valence-corrected chi connectivity index (χ1v) is 3.65. The molecule has 2 aromatic rings. The number of fused-ring (bicyclic) bond motifs is 1. The number of halogens is 1. The number of benzene rings is 1. The van der Waals surface area contributed by atoms with Crippen molar-refractivity contribution in [2.75, 3.05) is 12.3 Å². The van der Waals surface area contributed by atoms with Crippen LogP contribution in [0.2, 0.25) is 0 Å². The standard InChI is InChI=1S/C9H8FN3/c1-11-9-6-3-2-4-7(10)8(6)12-5-13-9/h2-5H,1H3,(H,11,12,13)/i1D3. The summed E-state index contributed by atoms with van der Waals surface area (Å²) in [4.78, 5) is 7.55. The van der Waals surface area contributed by atoms with E-state index in [2.05, 4.69) is 15.3 Å². The lowest BCUT2D eigenvalue weighted by Crippen LogP contribution is -1.95. The third-order valence-corrected chi connectivity index (χ3v) is 1.73. The van der Waals surface area contributed by atoms with Gasteiger partial charge < -0.3 is 5.32 Å². The lowest BCUT2D eigenvalue weighted by Gasteiger charge is -2.03. The third-order valence-electron chi connectivity index (χ3n) is 1.73. The molecule has 0 amide bonds. The Morgan fingerprint density at radius 3 is 3.23 bits per heavy atom. The summed E-state index contributed by atoms with van der Waals surface area (Å²) in [5.74, 6) is -0.405. The van der Waals surface area contributed by atoms with Gasteiger partial charge in [0.2, 0.25) is 0 Å². The van der Waals surface area contributed by atoms with Gasteiger partial charge in [-0.3, -0.25) is 0 Å². The summed E-state index contributed by atoms with van der Waals surface area (Å²) in [7, 11) is 0. The van der Waals surface area contributed by atoms with Crippen molar-refractivity contribution in [3.63, 3.8) is 0 Å². The zero-order chi connectivity index (χ0) is 11.8. The normalized spacial score (nSPS) is 14.7. The van der Waals surface area contributed by atoms with Crippen molar-refractivity contribution in [1.82, 2.24) is 9.97 Å². The van der Waals surface area contributed by atoms with E-state index in [0.717, 1.165) is 6.33 Å². The molecule has 4 heteroatoms. The molecular formula is C9H8FN3. The minimum Gasteiger partial charge on any atom is -0.373 e. The van der Waals surface area contributed by atoms with Crippen LogP contribution in [0.25, 0.3) is 10.9 Å². The fraction of sp³-hybridized carbons (Fsp3) is 0.111. The van der Waals surface area contributed by atoms with Crippen molar-refractivity contribution in [2.45, 2.75) is 0 Å². The van der Waals surface area contributed by atoms with E-state index < -0.39 is 12.8 Å². The summed E-state index contributed by atoms with van der Waals surface area (Å²) in [6, 6.07) is 4.30. The Labute approximate surface area is 78.8 Å². The minimum absolute atomic E-state index is 0.101. The molecule has 0 unspecified atom stereocenters. The van der Waals surface area contributed by atoms with E-state index in [-0.39, 0.29) is 11.3 Å². The number of hydrogen-bond acceptors (Lipinski definition) is 3. The average Bonchev–Trinajstić information content (AvgIpc) is 2.17. The predicted molar refractivity (Wildman–Crippen MR) is 49.0 cm³/mol. The first kappa shape index (κ1) is 5.11. The number of aromatic nitrogens is 2. The fourth-order valence-electron chi connectivity index (χ4n) is 1.15. The Kier molecular flexibility index (Phi) is 1.17. The molecule has 3 nitrogen and oxygen atoms in total. The van der Waals surface area contributed by atoms with Gasteiger partial charge in [-0.05, 0) is 12.1 Å². The molecule has 0 atom stereocenters. The predicted octanol–water partition coefficient (Wildman–Crippen LogP) is 1.81. The smallest absolute Gasteiger partial charge is 0.149 e. The highest BCUT2D eigenvalue weighted by Gasteiger charge is 2.04. The van der Waals surface area contributed by atoms with Crippen LogP contribution < -0.4 is 5.32 Å². The van der Waals surface area contributed by atoms with Gasteiger partial charge in [0.25, 0.3) is 0 Å². The molecule has 0 fully saturated rings.